The molecule has 3 aromatic heterocycles. The van der Waals surface area contributed by atoms with Gasteiger partial charge in [-0.15, -0.1) is 9.73 Å². The van der Waals surface area contributed by atoms with E-state index in [1.807, 2.05) is 44.2 Å². The van der Waals surface area contributed by atoms with Crippen LogP contribution in [0.3, 0.4) is 0 Å². The topological polar surface area (TPSA) is 60.1 Å². The Balaban J connectivity index is 1.95. The van der Waals surface area contributed by atoms with Crippen molar-refractivity contribution in [3.05, 3.63) is 76.8 Å². The number of pyridine rings is 1. The van der Waals surface area contributed by atoms with Gasteiger partial charge in [0.25, 0.3) is 0 Å². The number of carbonyl (C=O) groups is 1. The van der Waals surface area contributed by atoms with Crippen LogP contribution in [-0.2, 0) is 4.79 Å². The number of ketones is 1. The van der Waals surface area contributed by atoms with Crippen LogP contribution < -0.4 is 5.22 Å². The minimum atomic E-state index is 0.00551. The minimum Gasteiger partial charge on any atom is -0.290 e. The number of nitrogens with zero attached hydrogens (tertiary/aromatic N) is 4. The van der Waals surface area contributed by atoms with E-state index in [0.717, 1.165) is 39.0 Å². The molecule has 0 aliphatic heterocycles. The summed E-state index contributed by atoms with van der Waals surface area (Å²) in [5.74, 6) is 0.00551. The van der Waals surface area contributed by atoms with Crippen molar-refractivity contribution in [2.24, 2.45) is 0 Å². The van der Waals surface area contributed by atoms with Crippen LogP contribution in [0.2, 0.25) is 0 Å². The maximum absolute atomic E-state index is 11.3. The van der Waals surface area contributed by atoms with E-state index in [1.54, 1.807) is 35.1 Å². The first-order valence-corrected chi connectivity index (χ1v) is 8.03. The van der Waals surface area contributed by atoms with Gasteiger partial charge in [0.2, 0.25) is 0 Å². The molecule has 0 atom stereocenters. The van der Waals surface area contributed by atoms with Crippen LogP contribution in [0.25, 0.3) is 23.0 Å². The molecule has 5 heteroatoms. The molecule has 1 aliphatic rings. The van der Waals surface area contributed by atoms with E-state index in [4.69, 9.17) is 0 Å². The number of fused-ring (bicyclic) bond motifs is 1. The fraction of sp³-hybridized carbons (Fsp3) is 0.100. The second kappa shape index (κ2) is 5.94. The predicted octanol–water partition coefficient (Wildman–Crippen LogP) is 2.53. The third kappa shape index (κ3) is 2.70. The van der Waals surface area contributed by atoms with Crippen molar-refractivity contribution in [3.63, 3.8) is 0 Å². The summed E-state index contributed by atoms with van der Waals surface area (Å²) < 4.78 is 1.68. The Kier molecular flexibility index (Phi) is 3.61. The molecule has 0 radical (unpaired) electrons. The Morgan fingerprint density at radius 1 is 1.00 bits per heavy atom. The highest BCUT2D eigenvalue weighted by atomic mass is 16.1. The lowest BCUT2D eigenvalue weighted by Crippen LogP contribution is -2.04. The summed E-state index contributed by atoms with van der Waals surface area (Å²) in [6, 6.07) is 5.76. The van der Waals surface area contributed by atoms with Crippen molar-refractivity contribution >= 4 is 17.4 Å². The van der Waals surface area contributed by atoms with Gasteiger partial charge in [0.05, 0.1) is 16.9 Å². The first kappa shape index (κ1) is 15.2. The molecule has 122 valence electrons. The number of aryl methyl sites for hydroxylation is 2. The molecule has 0 N–H and O–H groups in total. The lowest BCUT2D eigenvalue weighted by atomic mass is 10.1. The molecule has 0 amide bonds. The van der Waals surface area contributed by atoms with Crippen molar-refractivity contribution in [1.82, 2.24) is 19.8 Å². The Bertz CT molecular complexity index is 1100. The number of rotatable bonds is 2. The first-order chi connectivity index (χ1) is 12.1. The van der Waals surface area contributed by atoms with Gasteiger partial charge in [-0.2, -0.15) is 5.10 Å². The fourth-order valence-corrected chi connectivity index (χ4v) is 2.84. The van der Waals surface area contributed by atoms with Crippen molar-refractivity contribution in [1.29, 1.82) is 0 Å². The third-order valence-corrected chi connectivity index (χ3v) is 4.28. The zero-order chi connectivity index (χ0) is 17.4. The normalized spacial score (nSPS) is 14.7. The average molecular weight is 328 g/mol. The van der Waals surface area contributed by atoms with Gasteiger partial charge in [-0.05, 0) is 49.8 Å². The van der Waals surface area contributed by atoms with Crippen LogP contribution in [0, 0.1) is 13.8 Å². The van der Waals surface area contributed by atoms with Crippen LogP contribution in [0.4, 0.5) is 0 Å². The van der Waals surface area contributed by atoms with Gasteiger partial charge in [0, 0.05) is 17.0 Å². The fourth-order valence-electron chi connectivity index (χ4n) is 2.84. The van der Waals surface area contributed by atoms with Gasteiger partial charge in [-0.25, -0.2) is 0 Å². The molecule has 25 heavy (non-hydrogen) atoms. The quantitative estimate of drug-likeness (QED) is 0.725. The van der Waals surface area contributed by atoms with E-state index in [0.29, 0.717) is 0 Å². The van der Waals surface area contributed by atoms with Crippen molar-refractivity contribution < 1.29 is 4.79 Å². The molecule has 3 heterocycles. The largest absolute Gasteiger partial charge is 0.290 e. The van der Waals surface area contributed by atoms with Crippen LogP contribution in [0.1, 0.15) is 11.3 Å². The maximum Gasteiger partial charge on any atom is 0.178 e. The lowest BCUT2D eigenvalue weighted by molar-refractivity contribution is -0.110. The van der Waals surface area contributed by atoms with Gasteiger partial charge < -0.3 is 0 Å². The van der Waals surface area contributed by atoms with E-state index < -0.39 is 0 Å². The summed E-state index contributed by atoms with van der Waals surface area (Å²) in [5.41, 5.74) is 5.60. The van der Waals surface area contributed by atoms with Gasteiger partial charge in [-0.1, -0.05) is 24.3 Å². The number of hydrogen-bond acceptors (Lipinski definition) is 4. The SMILES string of the molecule is Cc1nn2nc(-c3ccccn3)/c(=C/C=C3C=CC(=O)C=C3)c2c1C. The van der Waals surface area contributed by atoms with E-state index >= 15 is 0 Å². The van der Waals surface area contributed by atoms with Crippen LogP contribution >= 0.6 is 0 Å². The Morgan fingerprint density at radius 2 is 1.80 bits per heavy atom. The highest BCUT2D eigenvalue weighted by Gasteiger charge is 2.15. The highest BCUT2D eigenvalue weighted by molar-refractivity contribution is 6.01. The van der Waals surface area contributed by atoms with E-state index in [9.17, 15) is 4.79 Å². The predicted molar refractivity (Wildman–Crippen MR) is 96.7 cm³/mol. The number of carbonyl (C=O) groups excluding carboxylic acids is 1. The molecular weight excluding hydrogens is 312 g/mol. The number of allylic oxidation sites excluding steroid dienone is 6. The summed E-state index contributed by atoms with van der Waals surface area (Å²) in [4.78, 5) is 15.7. The molecule has 0 aromatic carbocycles. The molecule has 4 rings (SSSR count). The smallest absolute Gasteiger partial charge is 0.178 e. The number of aromatic nitrogens is 4. The van der Waals surface area contributed by atoms with Gasteiger partial charge in [0.15, 0.2) is 5.78 Å². The molecule has 1 aliphatic carbocycles. The van der Waals surface area contributed by atoms with E-state index in [2.05, 4.69) is 15.2 Å². The molecule has 0 spiro atoms. The Hall–Kier alpha value is -3.34. The van der Waals surface area contributed by atoms with Gasteiger partial charge in [0.1, 0.15) is 5.69 Å². The molecule has 0 fully saturated rings. The standard InChI is InChI=1S/C20H16N4O/c1-13-14(2)22-24-20(13)17(11-8-15-6-9-16(25)10-7-15)19(23-24)18-5-3-4-12-21-18/h3-12H,1-2H3/b17-11-. The molecule has 0 saturated carbocycles. The minimum absolute atomic E-state index is 0.00551. The van der Waals surface area contributed by atoms with Gasteiger partial charge >= 0.3 is 0 Å². The highest BCUT2D eigenvalue weighted by Crippen LogP contribution is 2.16. The van der Waals surface area contributed by atoms with E-state index in [-0.39, 0.29) is 5.78 Å². The summed E-state index contributed by atoms with van der Waals surface area (Å²) in [6.45, 7) is 4.02. The van der Waals surface area contributed by atoms with Crippen LogP contribution in [0.15, 0.2) is 60.3 Å². The van der Waals surface area contributed by atoms with Crippen molar-refractivity contribution in [3.8, 4) is 11.4 Å². The first-order valence-electron chi connectivity index (χ1n) is 8.03. The second-order valence-corrected chi connectivity index (χ2v) is 5.93. The maximum atomic E-state index is 11.3. The Labute approximate surface area is 144 Å². The number of hydrogen-bond donors (Lipinski definition) is 0. The zero-order valence-corrected chi connectivity index (χ0v) is 14.0. The van der Waals surface area contributed by atoms with Crippen molar-refractivity contribution in [2.45, 2.75) is 13.8 Å². The molecule has 5 nitrogen and oxygen atoms in total. The molecule has 0 bridgehead atoms. The van der Waals surface area contributed by atoms with E-state index in [1.165, 1.54) is 0 Å². The molecule has 0 saturated heterocycles. The zero-order valence-electron chi connectivity index (χ0n) is 14.0. The summed E-state index contributed by atoms with van der Waals surface area (Å²) in [5, 5.41) is 10.1. The van der Waals surface area contributed by atoms with Crippen molar-refractivity contribution in [2.75, 3.05) is 0 Å². The average Bonchev–Trinajstić information content (AvgIpc) is 3.12. The molecular formula is C20H16N4O. The second-order valence-electron chi connectivity index (χ2n) is 5.93. The van der Waals surface area contributed by atoms with Crippen LogP contribution in [0.5, 0.6) is 0 Å². The summed E-state index contributed by atoms with van der Waals surface area (Å²) in [6.07, 6.45) is 12.5. The summed E-state index contributed by atoms with van der Waals surface area (Å²) >= 11 is 0. The Morgan fingerprint density at radius 3 is 2.52 bits per heavy atom. The third-order valence-electron chi connectivity index (χ3n) is 4.28. The van der Waals surface area contributed by atoms with Gasteiger partial charge in [-0.3, -0.25) is 9.78 Å². The molecule has 0 unspecified atom stereocenters. The monoisotopic (exact) mass is 328 g/mol. The summed E-state index contributed by atoms with van der Waals surface area (Å²) in [7, 11) is 0. The lowest BCUT2D eigenvalue weighted by Gasteiger charge is -1.97. The molecule has 3 aromatic rings. The van der Waals surface area contributed by atoms with Crippen LogP contribution in [-0.4, -0.2) is 25.6 Å².